The van der Waals surface area contributed by atoms with Gasteiger partial charge in [0.15, 0.2) is 11.0 Å². The van der Waals surface area contributed by atoms with Crippen LogP contribution >= 0.6 is 11.8 Å². The van der Waals surface area contributed by atoms with Crippen molar-refractivity contribution >= 4 is 11.8 Å². The van der Waals surface area contributed by atoms with Crippen molar-refractivity contribution in [1.29, 1.82) is 0 Å². The summed E-state index contributed by atoms with van der Waals surface area (Å²) in [5.74, 6) is 2.61. The highest BCUT2D eigenvalue weighted by Gasteiger charge is 2.11. The normalized spacial score (nSPS) is 10.8. The first-order chi connectivity index (χ1) is 11.6. The van der Waals surface area contributed by atoms with Crippen molar-refractivity contribution in [3.63, 3.8) is 0 Å². The first-order valence-electron chi connectivity index (χ1n) is 7.78. The fourth-order valence-corrected chi connectivity index (χ4v) is 3.07. The van der Waals surface area contributed by atoms with E-state index in [-0.39, 0.29) is 0 Å². The van der Waals surface area contributed by atoms with Crippen molar-refractivity contribution in [2.45, 2.75) is 19.0 Å². The summed E-state index contributed by atoms with van der Waals surface area (Å²) >= 11 is 1.64. The molecule has 0 fully saturated rings. The van der Waals surface area contributed by atoms with Crippen LogP contribution in [0.5, 0.6) is 5.75 Å². The first kappa shape index (κ1) is 16.5. The molecular weight excluding hydrogens is 320 g/mol. The lowest BCUT2D eigenvalue weighted by Gasteiger charge is -2.09. The van der Waals surface area contributed by atoms with Crippen LogP contribution in [0, 0.1) is 13.8 Å². The molecule has 0 saturated heterocycles. The highest BCUT2D eigenvalue weighted by atomic mass is 32.2. The maximum absolute atomic E-state index is 5.88. The first-order valence-corrected chi connectivity index (χ1v) is 8.76. The monoisotopic (exact) mass is 340 g/mol. The molecule has 0 atom stereocenters. The number of benzene rings is 1. The SMILES string of the molecule is Cc1ccc(C)c(OCCSc2nnc(-c3ccncc3)n2C)c1. The summed E-state index contributed by atoms with van der Waals surface area (Å²) in [6.07, 6.45) is 3.52. The van der Waals surface area contributed by atoms with E-state index >= 15 is 0 Å². The van der Waals surface area contributed by atoms with Gasteiger partial charge >= 0.3 is 0 Å². The highest BCUT2D eigenvalue weighted by molar-refractivity contribution is 7.99. The van der Waals surface area contributed by atoms with Gasteiger partial charge in [-0.3, -0.25) is 4.98 Å². The number of ether oxygens (including phenoxy) is 1. The molecule has 0 spiro atoms. The standard InChI is InChI=1S/C18H20N4OS/c1-13-4-5-14(2)16(12-13)23-10-11-24-18-21-20-17(22(18)3)15-6-8-19-9-7-15/h4-9,12H,10-11H2,1-3H3. The van der Waals surface area contributed by atoms with Crippen LogP contribution in [0.1, 0.15) is 11.1 Å². The van der Waals surface area contributed by atoms with Gasteiger partial charge in [-0.15, -0.1) is 10.2 Å². The van der Waals surface area contributed by atoms with Crippen LogP contribution < -0.4 is 4.74 Å². The van der Waals surface area contributed by atoms with E-state index in [2.05, 4.69) is 47.2 Å². The lowest BCUT2D eigenvalue weighted by molar-refractivity contribution is 0.341. The average Bonchev–Trinajstić information content (AvgIpc) is 2.96. The molecular formula is C18H20N4OS. The molecule has 24 heavy (non-hydrogen) atoms. The number of rotatable bonds is 6. The van der Waals surface area contributed by atoms with Crippen LogP contribution in [-0.4, -0.2) is 32.1 Å². The van der Waals surface area contributed by atoms with Crippen molar-refractivity contribution in [3.8, 4) is 17.1 Å². The van der Waals surface area contributed by atoms with Crippen molar-refractivity contribution in [3.05, 3.63) is 53.9 Å². The lowest BCUT2D eigenvalue weighted by Crippen LogP contribution is -2.03. The van der Waals surface area contributed by atoms with Gasteiger partial charge in [-0.25, -0.2) is 0 Å². The molecule has 0 bridgehead atoms. The van der Waals surface area contributed by atoms with E-state index in [0.29, 0.717) is 6.61 Å². The molecule has 0 radical (unpaired) electrons. The summed E-state index contributed by atoms with van der Waals surface area (Å²) in [4.78, 5) is 4.03. The van der Waals surface area contributed by atoms with E-state index in [9.17, 15) is 0 Å². The Hall–Kier alpha value is -2.34. The summed E-state index contributed by atoms with van der Waals surface area (Å²) in [6, 6.07) is 10.1. The predicted molar refractivity (Wildman–Crippen MR) is 96.4 cm³/mol. The van der Waals surface area contributed by atoms with Gasteiger partial charge < -0.3 is 9.30 Å². The molecule has 0 amide bonds. The second kappa shape index (κ2) is 7.49. The molecule has 124 valence electrons. The van der Waals surface area contributed by atoms with Crippen LogP contribution in [0.25, 0.3) is 11.4 Å². The van der Waals surface area contributed by atoms with E-state index < -0.39 is 0 Å². The second-order valence-electron chi connectivity index (χ2n) is 5.57. The van der Waals surface area contributed by atoms with Crippen LogP contribution in [0.4, 0.5) is 0 Å². The molecule has 0 aliphatic heterocycles. The zero-order chi connectivity index (χ0) is 16.9. The van der Waals surface area contributed by atoms with Gasteiger partial charge in [-0.05, 0) is 43.2 Å². The van der Waals surface area contributed by atoms with E-state index in [1.165, 1.54) is 5.56 Å². The quantitative estimate of drug-likeness (QED) is 0.506. The van der Waals surface area contributed by atoms with E-state index in [1.54, 1.807) is 24.2 Å². The molecule has 0 aliphatic carbocycles. The maximum Gasteiger partial charge on any atom is 0.191 e. The Bertz CT molecular complexity index is 817. The third-order valence-electron chi connectivity index (χ3n) is 3.69. The molecule has 1 aromatic carbocycles. The van der Waals surface area contributed by atoms with Crippen LogP contribution in [0.2, 0.25) is 0 Å². The van der Waals surface area contributed by atoms with Gasteiger partial charge in [-0.2, -0.15) is 0 Å². The molecule has 2 heterocycles. The number of nitrogens with zero attached hydrogens (tertiary/aromatic N) is 4. The maximum atomic E-state index is 5.88. The molecule has 5 nitrogen and oxygen atoms in total. The molecule has 0 N–H and O–H groups in total. The van der Waals surface area contributed by atoms with Gasteiger partial charge in [-0.1, -0.05) is 23.9 Å². The summed E-state index contributed by atoms with van der Waals surface area (Å²) < 4.78 is 7.88. The second-order valence-corrected chi connectivity index (χ2v) is 6.63. The summed E-state index contributed by atoms with van der Waals surface area (Å²) in [5.41, 5.74) is 3.38. The fourth-order valence-electron chi connectivity index (χ4n) is 2.34. The van der Waals surface area contributed by atoms with Crippen LogP contribution in [0.3, 0.4) is 0 Å². The molecule has 0 saturated carbocycles. The van der Waals surface area contributed by atoms with Gasteiger partial charge in [0, 0.05) is 30.8 Å². The Balaban J connectivity index is 1.58. The third kappa shape index (κ3) is 3.76. The van der Waals surface area contributed by atoms with Crippen molar-refractivity contribution < 1.29 is 4.74 Å². The molecule has 3 rings (SSSR count). The Labute approximate surface area is 146 Å². The third-order valence-corrected chi connectivity index (χ3v) is 4.67. The zero-order valence-electron chi connectivity index (χ0n) is 14.1. The number of aryl methyl sites for hydroxylation is 2. The summed E-state index contributed by atoms with van der Waals surface area (Å²) in [7, 11) is 1.98. The highest BCUT2D eigenvalue weighted by Crippen LogP contribution is 2.23. The van der Waals surface area contributed by atoms with Gasteiger partial charge in [0.2, 0.25) is 0 Å². The molecule has 3 aromatic rings. The average molecular weight is 340 g/mol. The largest absolute Gasteiger partial charge is 0.492 e. The van der Waals surface area contributed by atoms with E-state index in [0.717, 1.165) is 33.6 Å². The Kier molecular flexibility index (Phi) is 5.15. The predicted octanol–water partition coefficient (Wildman–Crippen LogP) is 3.67. The minimum Gasteiger partial charge on any atom is -0.492 e. The van der Waals surface area contributed by atoms with Gasteiger partial charge in [0.05, 0.1) is 6.61 Å². The molecule has 2 aromatic heterocycles. The molecule has 6 heteroatoms. The summed E-state index contributed by atoms with van der Waals surface area (Å²) in [5, 5.41) is 9.42. The number of hydrogen-bond acceptors (Lipinski definition) is 5. The minimum absolute atomic E-state index is 0.631. The van der Waals surface area contributed by atoms with Crippen LogP contribution in [0.15, 0.2) is 47.9 Å². The van der Waals surface area contributed by atoms with Crippen molar-refractivity contribution in [1.82, 2.24) is 19.7 Å². The van der Waals surface area contributed by atoms with Crippen molar-refractivity contribution in [2.24, 2.45) is 7.05 Å². The van der Waals surface area contributed by atoms with Gasteiger partial charge in [0.1, 0.15) is 5.75 Å². The summed E-state index contributed by atoms with van der Waals surface area (Å²) in [6.45, 7) is 4.76. The number of hydrogen-bond donors (Lipinski definition) is 0. The number of aromatic nitrogens is 4. The van der Waals surface area contributed by atoms with Crippen LogP contribution in [-0.2, 0) is 7.05 Å². The van der Waals surface area contributed by atoms with Gasteiger partial charge in [0.25, 0.3) is 0 Å². The molecule has 0 unspecified atom stereocenters. The Morgan fingerprint density at radius 2 is 1.88 bits per heavy atom. The van der Waals surface area contributed by atoms with E-state index in [1.807, 2.05) is 23.7 Å². The van der Waals surface area contributed by atoms with Crippen molar-refractivity contribution in [2.75, 3.05) is 12.4 Å². The number of pyridine rings is 1. The lowest BCUT2D eigenvalue weighted by atomic mass is 10.1. The molecule has 0 aliphatic rings. The topological polar surface area (TPSA) is 52.8 Å². The zero-order valence-corrected chi connectivity index (χ0v) is 14.9. The Morgan fingerprint density at radius 3 is 2.67 bits per heavy atom. The Morgan fingerprint density at radius 1 is 1.08 bits per heavy atom. The number of thioether (sulfide) groups is 1. The minimum atomic E-state index is 0.631. The fraction of sp³-hybridized carbons (Fsp3) is 0.278. The van der Waals surface area contributed by atoms with E-state index in [4.69, 9.17) is 4.74 Å². The smallest absolute Gasteiger partial charge is 0.191 e.